The number of hydrogen-bond acceptors (Lipinski definition) is 8. The third-order valence-electron chi connectivity index (χ3n) is 5.22. The van der Waals surface area contributed by atoms with Crippen molar-refractivity contribution in [1.29, 1.82) is 0 Å². The van der Waals surface area contributed by atoms with Crippen molar-refractivity contribution in [2.24, 2.45) is 0 Å². The molecular weight excluding hydrogens is 368 g/mol. The van der Waals surface area contributed by atoms with E-state index in [9.17, 15) is 0 Å². The second kappa shape index (κ2) is 7.26. The first-order chi connectivity index (χ1) is 13.7. The molecule has 1 fully saturated rings. The summed E-state index contributed by atoms with van der Waals surface area (Å²) in [5, 5.41) is 10.5. The van der Waals surface area contributed by atoms with Gasteiger partial charge in [-0.05, 0) is 52.7 Å². The van der Waals surface area contributed by atoms with Crippen molar-refractivity contribution in [3.05, 3.63) is 24.5 Å². The molecule has 5 N–H and O–H groups in total. The normalized spacial score (nSPS) is 20.1. The van der Waals surface area contributed by atoms with Crippen LogP contribution in [0.1, 0.15) is 40.5 Å². The summed E-state index contributed by atoms with van der Waals surface area (Å²) in [6.45, 7) is 10.0. The predicted molar refractivity (Wildman–Crippen MR) is 115 cm³/mol. The topological polar surface area (TPSA) is 106 Å². The van der Waals surface area contributed by atoms with E-state index in [4.69, 9.17) is 15.2 Å². The minimum absolute atomic E-state index is 0.0352. The van der Waals surface area contributed by atoms with Gasteiger partial charge in [-0.1, -0.05) is 0 Å². The van der Waals surface area contributed by atoms with Gasteiger partial charge in [0.2, 0.25) is 0 Å². The van der Waals surface area contributed by atoms with Crippen molar-refractivity contribution in [2.45, 2.75) is 57.7 Å². The average Bonchev–Trinajstić information content (AvgIpc) is 2.62. The third kappa shape index (κ3) is 4.48. The zero-order chi connectivity index (χ0) is 20.6. The van der Waals surface area contributed by atoms with E-state index < -0.39 is 0 Å². The number of anilines is 4. The van der Waals surface area contributed by atoms with E-state index >= 15 is 0 Å². The highest BCUT2D eigenvalue weighted by atomic mass is 16.6. The molecule has 29 heavy (non-hydrogen) atoms. The van der Waals surface area contributed by atoms with E-state index in [1.54, 1.807) is 0 Å². The fraction of sp³-hybridized carbons (Fsp3) is 0.524. The largest absolute Gasteiger partial charge is 0.486 e. The lowest BCUT2D eigenvalue weighted by Crippen LogP contribution is -2.60. The predicted octanol–water partition coefficient (Wildman–Crippen LogP) is 3.29. The molecule has 0 bridgehead atoms. The minimum atomic E-state index is 0.0352. The fourth-order valence-electron chi connectivity index (χ4n) is 4.49. The van der Waals surface area contributed by atoms with Crippen LogP contribution in [-0.2, 0) is 0 Å². The third-order valence-corrected chi connectivity index (χ3v) is 5.22. The van der Waals surface area contributed by atoms with Gasteiger partial charge in [0.25, 0.3) is 0 Å². The second-order valence-corrected chi connectivity index (χ2v) is 9.11. The summed E-state index contributed by atoms with van der Waals surface area (Å²) in [6, 6.07) is 5.95. The maximum atomic E-state index is 6.40. The molecule has 2 aliphatic heterocycles. The molecule has 2 aliphatic rings. The van der Waals surface area contributed by atoms with E-state index in [-0.39, 0.29) is 17.1 Å². The Morgan fingerprint density at radius 1 is 1.00 bits per heavy atom. The Morgan fingerprint density at radius 3 is 2.38 bits per heavy atom. The van der Waals surface area contributed by atoms with Crippen LogP contribution in [0.4, 0.5) is 23.0 Å². The van der Waals surface area contributed by atoms with E-state index in [1.807, 2.05) is 18.2 Å². The van der Waals surface area contributed by atoms with Gasteiger partial charge in [0.1, 0.15) is 25.2 Å². The molecule has 0 atom stereocenters. The first-order valence-electron chi connectivity index (χ1n) is 10.0. The van der Waals surface area contributed by atoms with Crippen LogP contribution in [0.3, 0.4) is 0 Å². The Morgan fingerprint density at radius 2 is 1.66 bits per heavy atom. The molecule has 4 rings (SSSR count). The second-order valence-electron chi connectivity index (χ2n) is 9.11. The standard InChI is InChI=1S/C21H30N6O2/c1-20(2)10-14(11-21(3,4)27-20)26-19-17(22)18(23-12-24-19)25-13-5-6-15-16(9-13)29-8-7-28-15/h5-6,9,12,14,27H,7-8,10-11,22H2,1-4H3,(H2,23,24,25,26). The monoisotopic (exact) mass is 398 g/mol. The zero-order valence-corrected chi connectivity index (χ0v) is 17.5. The van der Waals surface area contributed by atoms with Crippen LogP contribution >= 0.6 is 0 Å². The van der Waals surface area contributed by atoms with Crippen LogP contribution in [0, 0.1) is 0 Å². The number of nitrogens with one attached hydrogen (secondary N) is 3. The lowest BCUT2D eigenvalue weighted by Gasteiger charge is -2.46. The first kappa shape index (κ1) is 19.6. The van der Waals surface area contributed by atoms with Gasteiger partial charge >= 0.3 is 0 Å². The van der Waals surface area contributed by atoms with Crippen molar-refractivity contribution in [3.8, 4) is 11.5 Å². The van der Waals surface area contributed by atoms with Crippen molar-refractivity contribution < 1.29 is 9.47 Å². The molecule has 0 radical (unpaired) electrons. The van der Waals surface area contributed by atoms with E-state index in [0.29, 0.717) is 36.3 Å². The molecule has 0 amide bonds. The summed E-state index contributed by atoms with van der Waals surface area (Å²) >= 11 is 0. The quantitative estimate of drug-likeness (QED) is 0.622. The van der Waals surface area contributed by atoms with Crippen molar-refractivity contribution in [1.82, 2.24) is 15.3 Å². The summed E-state index contributed by atoms with van der Waals surface area (Å²) in [5.41, 5.74) is 7.80. The van der Waals surface area contributed by atoms with Crippen LogP contribution in [0.2, 0.25) is 0 Å². The maximum Gasteiger partial charge on any atom is 0.163 e. The van der Waals surface area contributed by atoms with Crippen LogP contribution in [0.25, 0.3) is 0 Å². The van der Waals surface area contributed by atoms with Gasteiger partial charge in [-0.15, -0.1) is 0 Å². The van der Waals surface area contributed by atoms with E-state index in [1.165, 1.54) is 6.33 Å². The maximum absolute atomic E-state index is 6.40. The molecule has 8 heteroatoms. The van der Waals surface area contributed by atoms with Crippen molar-refractivity contribution in [2.75, 3.05) is 29.6 Å². The van der Waals surface area contributed by atoms with Gasteiger partial charge in [-0.2, -0.15) is 0 Å². The van der Waals surface area contributed by atoms with Gasteiger partial charge in [-0.25, -0.2) is 9.97 Å². The van der Waals surface area contributed by atoms with Gasteiger partial charge in [0.15, 0.2) is 23.1 Å². The zero-order valence-electron chi connectivity index (χ0n) is 17.5. The molecule has 1 aromatic heterocycles. The van der Waals surface area contributed by atoms with Crippen molar-refractivity contribution >= 4 is 23.0 Å². The summed E-state index contributed by atoms with van der Waals surface area (Å²) in [5.74, 6) is 2.67. The van der Waals surface area contributed by atoms with Crippen LogP contribution in [-0.4, -0.2) is 40.3 Å². The molecule has 0 spiro atoms. The number of benzene rings is 1. The number of piperidine rings is 1. The molecule has 8 nitrogen and oxygen atoms in total. The van der Waals surface area contributed by atoms with Crippen LogP contribution in [0.5, 0.6) is 11.5 Å². The molecule has 0 aliphatic carbocycles. The SMILES string of the molecule is CC1(C)CC(Nc2ncnc(Nc3ccc4c(c3)OCCO4)c2N)CC(C)(C)N1. The van der Waals surface area contributed by atoms with Gasteiger partial charge in [0, 0.05) is 28.9 Å². The number of rotatable bonds is 4. The lowest BCUT2D eigenvalue weighted by atomic mass is 9.79. The number of hydrogen-bond donors (Lipinski definition) is 4. The minimum Gasteiger partial charge on any atom is -0.486 e. The van der Waals surface area contributed by atoms with Crippen molar-refractivity contribution in [3.63, 3.8) is 0 Å². The summed E-state index contributed by atoms with van der Waals surface area (Å²) in [6.07, 6.45) is 3.48. The number of nitrogen functional groups attached to an aromatic ring is 1. The molecule has 2 aromatic rings. The molecule has 3 heterocycles. The highest BCUT2D eigenvalue weighted by Crippen LogP contribution is 2.36. The number of aromatic nitrogens is 2. The Balaban J connectivity index is 1.52. The number of nitrogens with two attached hydrogens (primary N) is 1. The molecule has 0 unspecified atom stereocenters. The Kier molecular flexibility index (Phi) is 4.90. The molecule has 156 valence electrons. The molecule has 0 saturated carbocycles. The fourth-order valence-corrected chi connectivity index (χ4v) is 4.49. The summed E-state index contributed by atoms with van der Waals surface area (Å²) < 4.78 is 11.2. The highest BCUT2D eigenvalue weighted by Gasteiger charge is 2.38. The molecule has 1 saturated heterocycles. The van der Waals surface area contributed by atoms with Gasteiger partial charge < -0.3 is 31.2 Å². The first-order valence-corrected chi connectivity index (χ1v) is 10.0. The average molecular weight is 399 g/mol. The molecule has 1 aromatic carbocycles. The van der Waals surface area contributed by atoms with Crippen LogP contribution in [0.15, 0.2) is 24.5 Å². The lowest BCUT2D eigenvalue weighted by molar-refractivity contribution is 0.170. The molecular formula is C21H30N6O2. The Bertz CT molecular complexity index is 883. The van der Waals surface area contributed by atoms with Crippen LogP contribution < -0.4 is 31.2 Å². The summed E-state index contributed by atoms with van der Waals surface area (Å²) in [7, 11) is 0. The number of fused-ring (bicyclic) bond motifs is 1. The Labute approximate surface area is 171 Å². The highest BCUT2D eigenvalue weighted by molar-refractivity contribution is 5.78. The van der Waals surface area contributed by atoms with Gasteiger partial charge in [-0.3, -0.25) is 0 Å². The van der Waals surface area contributed by atoms with Gasteiger partial charge in [0.05, 0.1) is 0 Å². The number of ether oxygens (including phenoxy) is 2. The Hall–Kier alpha value is -2.74. The number of nitrogens with zero attached hydrogens (tertiary/aromatic N) is 2. The van der Waals surface area contributed by atoms with E-state index in [0.717, 1.165) is 24.3 Å². The smallest absolute Gasteiger partial charge is 0.163 e. The van der Waals surface area contributed by atoms with E-state index in [2.05, 4.69) is 53.6 Å². The summed E-state index contributed by atoms with van der Waals surface area (Å²) in [4.78, 5) is 8.71.